The van der Waals surface area contributed by atoms with Gasteiger partial charge in [-0.2, -0.15) is 0 Å². The van der Waals surface area contributed by atoms with Crippen molar-refractivity contribution >= 4 is 5.97 Å². The van der Waals surface area contributed by atoms with Gasteiger partial charge < -0.3 is 15.0 Å². The molecule has 0 heterocycles. The summed E-state index contributed by atoms with van der Waals surface area (Å²) in [4.78, 5) is 13.2. The fourth-order valence-corrected chi connectivity index (χ4v) is 1.54. The molecule has 0 saturated carbocycles. The number of carbonyl (C=O) groups excluding carboxylic acids is 1. The fraction of sp³-hybridized carbons (Fsp3) is 0.917. The normalized spacial score (nSPS) is 10.8. The van der Waals surface area contributed by atoms with Crippen LogP contribution < -0.4 is 5.32 Å². The summed E-state index contributed by atoms with van der Waals surface area (Å²) in [5, 5.41) is 3.24. The van der Waals surface area contributed by atoms with Crippen LogP contribution in [0, 0.1) is 0 Å². The number of nitrogens with zero attached hydrogens (tertiary/aromatic N) is 1. The van der Waals surface area contributed by atoms with Gasteiger partial charge >= 0.3 is 5.97 Å². The first-order valence-electron chi connectivity index (χ1n) is 6.24. The Morgan fingerprint density at radius 1 is 1.19 bits per heavy atom. The van der Waals surface area contributed by atoms with E-state index in [2.05, 4.69) is 28.8 Å². The smallest absolute Gasteiger partial charge is 0.306 e. The van der Waals surface area contributed by atoms with Crippen LogP contribution in [0.2, 0.25) is 0 Å². The number of nitrogens with one attached hydrogen (secondary N) is 1. The van der Waals surface area contributed by atoms with Gasteiger partial charge in [0, 0.05) is 6.54 Å². The molecule has 0 aliphatic rings. The van der Waals surface area contributed by atoms with Crippen molar-refractivity contribution in [3.05, 3.63) is 0 Å². The first-order valence-corrected chi connectivity index (χ1v) is 6.24. The second-order valence-electron chi connectivity index (χ2n) is 3.81. The highest BCUT2D eigenvalue weighted by Gasteiger charge is 1.99. The van der Waals surface area contributed by atoms with Crippen molar-refractivity contribution < 1.29 is 9.53 Å². The van der Waals surface area contributed by atoms with E-state index < -0.39 is 0 Å². The van der Waals surface area contributed by atoms with Gasteiger partial charge in [-0.15, -0.1) is 0 Å². The monoisotopic (exact) mass is 230 g/mol. The van der Waals surface area contributed by atoms with Crippen molar-refractivity contribution in [2.75, 3.05) is 39.8 Å². The van der Waals surface area contributed by atoms with E-state index in [1.807, 2.05) is 0 Å². The third-order valence-corrected chi connectivity index (χ3v) is 2.71. The molecule has 0 atom stereocenters. The predicted molar refractivity (Wildman–Crippen MR) is 66.5 cm³/mol. The molecule has 96 valence electrons. The molecule has 0 spiro atoms. The fourth-order valence-electron chi connectivity index (χ4n) is 1.54. The minimum absolute atomic E-state index is 0.143. The Bertz CT molecular complexity index is 170. The van der Waals surface area contributed by atoms with E-state index in [1.165, 1.54) is 20.1 Å². The molecule has 4 nitrogen and oxygen atoms in total. The van der Waals surface area contributed by atoms with Gasteiger partial charge in [0.05, 0.1) is 13.5 Å². The van der Waals surface area contributed by atoms with Crippen molar-refractivity contribution in [1.82, 2.24) is 10.2 Å². The number of hydrogen-bond donors (Lipinski definition) is 1. The maximum atomic E-state index is 10.8. The van der Waals surface area contributed by atoms with Crippen LogP contribution >= 0.6 is 0 Å². The van der Waals surface area contributed by atoms with E-state index in [4.69, 9.17) is 0 Å². The van der Waals surface area contributed by atoms with E-state index >= 15 is 0 Å². The van der Waals surface area contributed by atoms with Crippen LogP contribution in [0.25, 0.3) is 0 Å². The number of unbranched alkanes of at least 4 members (excludes halogenated alkanes) is 1. The van der Waals surface area contributed by atoms with Crippen molar-refractivity contribution in [2.24, 2.45) is 0 Å². The maximum absolute atomic E-state index is 10.8. The molecule has 0 rings (SSSR count). The summed E-state index contributed by atoms with van der Waals surface area (Å²) in [6, 6.07) is 0. The van der Waals surface area contributed by atoms with Crippen molar-refractivity contribution in [3.63, 3.8) is 0 Å². The van der Waals surface area contributed by atoms with E-state index in [1.54, 1.807) is 0 Å². The summed E-state index contributed by atoms with van der Waals surface area (Å²) in [6.45, 7) is 9.52. The van der Waals surface area contributed by atoms with E-state index in [-0.39, 0.29) is 5.97 Å². The Morgan fingerprint density at radius 3 is 2.44 bits per heavy atom. The van der Waals surface area contributed by atoms with E-state index in [0.717, 1.165) is 32.6 Å². The zero-order valence-corrected chi connectivity index (χ0v) is 10.9. The Labute approximate surface area is 99.3 Å². The SMILES string of the molecule is CCN(CC)CCCCNCCC(=O)OC. The van der Waals surface area contributed by atoms with Crippen LogP contribution in [-0.4, -0.2) is 50.7 Å². The van der Waals surface area contributed by atoms with Gasteiger partial charge in [-0.05, 0) is 39.0 Å². The minimum Gasteiger partial charge on any atom is -0.469 e. The first kappa shape index (κ1) is 15.4. The van der Waals surface area contributed by atoms with Crippen LogP contribution in [0.3, 0.4) is 0 Å². The van der Waals surface area contributed by atoms with E-state index in [9.17, 15) is 4.79 Å². The van der Waals surface area contributed by atoms with Crippen LogP contribution in [0.1, 0.15) is 33.1 Å². The molecule has 0 unspecified atom stereocenters. The van der Waals surface area contributed by atoms with Crippen LogP contribution in [0.15, 0.2) is 0 Å². The number of carbonyl (C=O) groups is 1. The molecular weight excluding hydrogens is 204 g/mol. The maximum Gasteiger partial charge on any atom is 0.306 e. The molecule has 0 fully saturated rings. The molecule has 0 aliphatic carbocycles. The standard InChI is InChI=1S/C12H26N2O2/c1-4-14(5-2)11-7-6-9-13-10-8-12(15)16-3/h13H,4-11H2,1-3H3. The third kappa shape index (κ3) is 8.68. The van der Waals surface area contributed by atoms with Crippen LogP contribution in [-0.2, 0) is 9.53 Å². The summed E-state index contributed by atoms with van der Waals surface area (Å²) in [7, 11) is 1.42. The Morgan fingerprint density at radius 2 is 1.88 bits per heavy atom. The van der Waals surface area contributed by atoms with Gasteiger partial charge in [-0.1, -0.05) is 13.8 Å². The summed E-state index contributed by atoms with van der Waals surface area (Å²) < 4.78 is 4.55. The molecule has 1 N–H and O–H groups in total. The predicted octanol–water partition coefficient (Wildman–Crippen LogP) is 1.26. The minimum atomic E-state index is -0.143. The summed E-state index contributed by atoms with van der Waals surface area (Å²) >= 11 is 0. The van der Waals surface area contributed by atoms with Crippen LogP contribution in [0.5, 0.6) is 0 Å². The van der Waals surface area contributed by atoms with Gasteiger partial charge in [0.15, 0.2) is 0 Å². The molecule has 16 heavy (non-hydrogen) atoms. The molecule has 0 saturated heterocycles. The molecule has 0 bridgehead atoms. The summed E-state index contributed by atoms with van der Waals surface area (Å²) in [6.07, 6.45) is 2.84. The Hall–Kier alpha value is -0.610. The van der Waals surface area contributed by atoms with Crippen LogP contribution in [0.4, 0.5) is 0 Å². The lowest BCUT2D eigenvalue weighted by Crippen LogP contribution is -2.25. The number of ether oxygens (including phenoxy) is 1. The Balaban J connectivity index is 3.18. The molecule has 0 amide bonds. The highest BCUT2D eigenvalue weighted by molar-refractivity contribution is 5.69. The second-order valence-corrected chi connectivity index (χ2v) is 3.81. The first-order chi connectivity index (χ1) is 7.74. The van der Waals surface area contributed by atoms with Gasteiger partial charge in [-0.25, -0.2) is 0 Å². The van der Waals surface area contributed by atoms with Crippen molar-refractivity contribution in [3.8, 4) is 0 Å². The highest BCUT2D eigenvalue weighted by Crippen LogP contribution is 1.94. The number of esters is 1. The molecule has 0 radical (unpaired) electrons. The molecule has 4 heteroatoms. The lowest BCUT2D eigenvalue weighted by Gasteiger charge is -2.17. The molecule has 0 aromatic heterocycles. The second kappa shape index (κ2) is 10.9. The Kier molecular flexibility index (Phi) is 10.5. The number of methoxy groups -OCH3 is 1. The highest BCUT2D eigenvalue weighted by atomic mass is 16.5. The largest absolute Gasteiger partial charge is 0.469 e. The lowest BCUT2D eigenvalue weighted by molar-refractivity contribution is -0.140. The van der Waals surface area contributed by atoms with Gasteiger partial charge in [-0.3, -0.25) is 4.79 Å². The summed E-state index contributed by atoms with van der Waals surface area (Å²) in [5.41, 5.74) is 0. The molecule has 0 aromatic rings. The third-order valence-electron chi connectivity index (χ3n) is 2.71. The van der Waals surface area contributed by atoms with Gasteiger partial charge in [0.25, 0.3) is 0 Å². The molecular formula is C12H26N2O2. The molecule has 0 aromatic carbocycles. The number of hydrogen-bond acceptors (Lipinski definition) is 4. The lowest BCUT2D eigenvalue weighted by atomic mass is 10.3. The summed E-state index contributed by atoms with van der Waals surface area (Å²) in [5.74, 6) is -0.143. The van der Waals surface area contributed by atoms with Gasteiger partial charge in [0.2, 0.25) is 0 Å². The zero-order chi connectivity index (χ0) is 12.2. The topological polar surface area (TPSA) is 41.6 Å². The van der Waals surface area contributed by atoms with Crippen molar-refractivity contribution in [1.29, 1.82) is 0 Å². The average molecular weight is 230 g/mol. The number of rotatable bonds is 10. The average Bonchev–Trinajstić information content (AvgIpc) is 2.32. The quantitative estimate of drug-likeness (QED) is 0.453. The van der Waals surface area contributed by atoms with Gasteiger partial charge in [0.1, 0.15) is 0 Å². The van der Waals surface area contributed by atoms with Crippen molar-refractivity contribution in [2.45, 2.75) is 33.1 Å². The van der Waals surface area contributed by atoms with E-state index in [0.29, 0.717) is 6.42 Å². The molecule has 0 aliphatic heterocycles. The zero-order valence-electron chi connectivity index (χ0n) is 10.9.